The smallest absolute Gasteiger partial charge is 0.0469 e. The van der Waals surface area contributed by atoms with E-state index in [-0.39, 0.29) is 34.0 Å². The zero-order valence-corrected chi connectivity index (χ0v) is 27.2. The summed E-state index contributed by atoms with van der Waals surface area (Å²) in [7, 11) is -3.48. The minimum absolute atomic E-state index is 0.246. The van der Waals surface area contributed by atoms with E-state index in [9.17, 15) is 13.5 Å². The SMILES string of the molecule is Cc1ccc(S(=O)(=O)N2CCC(CNC3=CC(c4ccccc4O)=I[I-]c4c(Br)cnn43)CC2)cc1C. The second-order valence-electron chi connectivity index (χ2n) is 9.21. The van der Waals surface area contributed by atoms with Gasteiger partial charge in [0.2, 0.25) is 0 Å². The molecule has 2 aliphatic heterocycles. The van der Waals surface area contributed by atoms with Crippen LogP contribution >= 0.6 is 32.7 Å². The van der Waals surface area contributed by atoms with Crippen LogP contribution in [0.3, 0.4) is 0 Å². The number of phenols is 1. The van der Waals surface area contributed by atoms with Crippen molar-refractivity contribution in [1.29, 1.82) is 0 Å². The second kappa shape index (κ2) is 11.4. The van der Waals surface area contributed by atoms with Crippen LogP contribution in [0, 0.1) is 23.5 Å². The van der Waals surface area contributed by atoms with Crippen LogP contribution in [0.2, 0.25) is 0 Å². The summed E-state index contributed by atoms with van der Waals surface area (Å²) in [6.45, 7) is 5.72. The van der Waals surface area contributed by atoms with Crippen molar-refractivity contribution in [2.75, 3.05) is 19.6 Å². The van der Waals surface area contributed by atoms with Crippen molar-refractivity contribution in [3.05, 3.63) is 79.6 Å². The Hall–Kier alpha value is -1.29. The molecule has 1 aromatic heterocycles. The third-order valence-electron chi connectivity index (χ3n) is 6.76. The zero-order chi connectivity index (χ0) is 26.2. The van der Waals surface area contributed by atoms with Crippen LogP contribution < -0.4 is 22.5 Å². The Morgan fingerprint density at radius 2 is 1.92 bits per heavy atom. The first-order chi connectivity index (χ1) is 17.7. The quantitative estimate of drug-likeness (QED) is 0.372. The molecule has 1 saturated heterocycles. The van der Waals surface area contributed by atoms with Gasteiger partial charge in [0.25, 0.3) is 0 Å². The third-order valence-corrected chi connectivity index (χ3v) is 19.8. The Morgan fingerprint density at radius 3 is 2.65 bits per heavy atom. The molecular formula is C26H28BrI2N4O3S-. The predicted octanol–water partition coefficient (Wildman–Crippen LogP) is 1.84. The first-order valence-electron chi connectivity index (χ1n) is 12.0. The number of rotatable bonds is 6. The molecule has 11 heteroatoms. The Labute approximate surface area is 242 Å². The number of phenolic OH excluding ortho intramolecular Hbond substituents is 1. The third kappa shape index (κ3) is 5.85. The first-order valence-corrected chi connectivity index (χ1v) is 22.6. The van der Waals surface area contributed by atoms with Crippen LogP contribution in [0.25, 0.3) is 5.82 Å². The number of allylic oxidation sites excluding steroid dienone is 1. The van der Waals surface area contributed by atoms with Gasteiger partial charge in [-0.15, -0.1) is 0 Å². The van der Waals surface area contributed by atoms with Gasteiger partial charge in [0.1, 0.15) is 0 Å². The Balaban J connectivity index is 1.29. The summed E-state index contributed by atoms with van der Waals surface area (Å²) in [6.07, 6.45) is 5.61. The number of benzene rings is 2. The molecule has 0 unspecified atom stereocenters. The Morgan fingerprint density at radius 1 is 1.16 bits per heavy atom. The Bertz CT molecular complexity index is 1500. The maximum atomic E-state index is 13.2. The van der Waals surface area contributed by atoms with Crippen LogP contribution in [0.4, 0.5) is 0 Å². The van der Waals surface area contributed by atoms with Gasteiger partial charge in [0.15, 0.2) is 0 Å². The van der Waals surface area contributed by atoms with Crippen LogP contribution in [-0.4, -0.2) is 50.8 Å². The molecule has 2 aromatic carbocycles. The number of aromatic hydroxyl groups is 1. The zero-order valence-electron chi connectivity index (χ0n) is 20.5. The van der Waals surface area contributed by atoms with E-state index in [4.69, 9.17) is 0 Å². The molecule has 2 aliphatic rings. The molecule has 0 amide bonds. The van der Waals surface area contributed by atoms with Gasteiger partial charge < -0.3 is 0 Å². The number of para-hydroxylation sites is 1. The molecular weight excluding hydrogens is 782 g/mol. The van der Waals surface area contributed by atoms with Crippen molar-refractivity contribution < 1.29 is 30.8 Å². The molecule has 2 N–H and O–H groups in total. The molecule has 0 saturated carbocycles. The molecule has 37 heavy (non-hydrogen) atoms. The molecule has 0 aliphatic carbocycles. The molecule has 0 atom stereocenters. The van der Waals surface area contributed by atoms with Crippen molar-refractivity contribution in [1.82, 2.24) is 19.4 Å². The van der Waals surface area contributed by atoms with E-state index >= 15 is 0 Å². The summed E-state index contributed by atoms with van der Waals surface area (Å²) < 4.78 is 33.5. The molecule has 0 spiro atoms. The second-order valence-corrected chi connectivity index (χ2v) is 20.5. The average Bonchev–Trinajstić information content (AvgIpc) is 3.15. The monoisotopic (exact) mass is 809 g/mol. The van der Waals surface area contributed by atoms with Crippen LogP contribution in [-0.2, 0) is 10.0 Å². The van der Waals surface area contributed by atoms with E-state index in [1.165, 1.54) is 7.21 Å². The number of nitrogens with one attached hydrogen (secondary N) is 1. The van der Waals surface area contributed by atoms with E-state index in [1.54, 1.807) is 22.5 Å². The molecule has 1 fully saturated rings. The fraction of sp³-hybridized carbons (Fsp3) is 0.308. The molecule has 0 radical (unpaired) electrons. The fourth-order valence-corrected chi connectivity index (χ4v) is 18.6. The molecule has 7 nitrogen and oxygen atoms in total. The van der Waals surface area contributed by atoms with Gasteiger partial charge >= 0.3 is 214 Å². The number of nitrogens with zero attached hydrogens (tertiary/aromatic N) is 3. The number of fused-ring (bicyclic) bond motifs is 1. The summed E-state index contributed by atoms with van der Waals surface area (Å²) in [4.78, 5) is 0.381. The summed E-state index contributed by atoms with van der Waals surface area (Å²) in [5.41, 5.74) is 2.99. The average molecular weight is 810 g/mol. The number of piperidine rings is 1. The molecule has 3 heterocycles. The van der Waals surface area contributed by atoms with Gasteiger partial charge in [0.05, 0.1) is 0 Å². The maximum absolute atomic E-state index is 13.2. The number of sulfonamides is 1. The number of hydrogen-bond donors (Lipinski definition) is 2. The van der Waals surface area contributed by atoms with E-state index in [2.05, 4.69) is 32.4 Å². The Kier molecular flexibility index (Phi) is 8.44. The summed E-state index contributed by atoms with van der Waals surface area (Å²) in [5.74, 6) is 1.59. The summed E-state index contributed by atoms with van der Waals surface area (Å²) in [5, 5.41) is 18.7. The van der Waals surface area contributed by atoms with Gasteiger partial charge in [-0.2, -0.15) is 0 Å². The van der Waals surface area contributed by atoms with Crippen molar-refractivity contribution in [2.45, 2.75) is 31.6 Å². The normalized spacial score (nSPS) is 17.5. The van der Waals surface area contributed by atoms with Crippen molar-refractivity contribution in [3.8, 4) is 5.75 Å². The predicted molar refractivity (Wildman–Crippen MR) is 155 cm³/mol. The minimum atomic E-state index is -3.48. The van der Waals surface area contributed by atoms with Crippen molar-refractivity contribution in [3.63, 3.8) is 0 Å². The van der Waals surface area contributed by atoms with Gasteiger partial charge in [0, 0.05) is 0 Å². The van der Waals surface area contributed by atoms with E-state index in [1.807, 2.05) is 49.0 Å². The van der Waals surface area contributed by atoms with E-state index in [0.717, 1.165) is 46.4 Å². The fourth-order valence-electron chi connectivity index (χ4n) is 4.36. The number of hydrogen-bond acceptors (Lipinski definition) is 5. The first kappa shape index (κ1) is 27.3. The molecule has 5 rings (SSSR count). The summed E-state index contributed by atoms with van der Waals surface area (Å²) in [6, 6.07) is 12.9. The van der Waals surface area contributed by atoms with Crippen LogP contribution in [0.1, 0.15) is 29.5 Å². The van der Waals surface area contributed by atoms with Crippen LogP contribution in [0.15, 0.2) is 64.1 Å². The van der Waals surface area contributed by atoms with Crippen molar-refractivity contribution in [2.24, 2.45) is 5.92 Å². The topological polar surface area (TPSA) is 87.5 Å². The van der Waals surface area contributed by atoms with Gasteiger partial charge in [-0.1, -0.05) is 6.07 Å². The number of halogens is 3. The van der Waals surface area contributed by atoms with Crippen LogP contribution in [0.5, 0.6) is 5.75 Å². The van der Waals surface area contributed by atoms with Gasteiger partial charge in [-0.3, -0.25) is 0 Å². The van der Waals surface area contributed by atoms with E-state index in [0.29, 0.717) is 29.7 Å². The minimum Gasteiger partial charge on any atom is -0.0469 e. The number of aryl methyl sites for hydroxylation is 2. The van der Waals surface area contributed by atoms with Gasteiger partial charge in [-0.05, 0) is 25.0 Å². The summed E-state index contributed by atoms with van der Waals surface area (Å²) >= 11 is 3.16. The molecule has 3 aromatic rings. The molecule has 198 valence electrons. The molecule has 0 bridgehead atoms. The van der Waals surface area contributed by atoms with E-state index < -0.39 is 10.0 Å². The van der Waals surface area contributed by atoms with Crippen molar-refractivity contribution >= 4 is 52.0 Å². The number of aromatic nitrogens is 2. The van der Waals surface area contributed by atoms with Gasteiger partial charge in [-0.25, -0.2) is 0 Å². The standard InChI is InChI=1S/C26H28BrI2N4O3S/c1-17-7-8-20(13-18(17)2)37(35,36)32-11-9-19(10-12-32)15-30-25-14-23(21-5-3-4-6-24(21)34)28-29-26-22(27)16-31-33(25)26/h3-8,13-14,16,19,30,34H,9-12,15H2,1-2H3/q-1.